The molecule has 4 nitrogen and oxygen atoms in total. The molecule has 1 aromatic heterocycles. The van der Waals surface area contributed by atoms with E-state index in [1.54, 1.807) is 14.2 Å². The molecule has 0 saturated carbocycles. The number of hydrogen-bond donors (Lipinski definition) is 0. The highest BCUT2D eigenvalue weighted by Crippen LogP contribution is 2.29. The molecule has 0 amide bonds. The van der Waals surface area contributed by atoms with Gasteiger partial charge in [-0.05, 0) is 42.8 Å². The van der Waals surface area contributed by atoms with Gasteiger partial charge in [0.2, 0.25) is 0 Å². The summed E-state index contributed by atoms with van der Waals surface area (Å²) in [5.74, 6) is 2.41. The van der Waals surface area contributed by atoms with Gasteiger partial charge in [-0.25, -0.2) is 0 Å². The summed E-state index contributed by atoms with van der Waals surface area (Å²) in [7, 11) is 3.31. The quantitative estimate of drug-likeness (QED) is 0.710. The van der Waals surface area contributed by atoms with Crippen molar-refractivity contribution >= 4 is 10.9 Å². The van der Waals surface area contributed by atoms with Gasteiger partial charge in [0.15, 0.2) is 0 Å². The Bertz CT molecular complexity index is 830. The predicted molar refractivity (Wildman–Crippen MR) is 90.4 cm³/mol. The van der Waals surface area contributed by atoms with E-state index in [9.17, 15) is 0 Å². The van der Waals surface area contributed by atoms with Crippen molar-refractivity contribution in [1.82, 2.24) is 4.98 Å². The molecule has 3 aromatic rings. The van der Waals surface area contributed by atoms with Gasteiger partial charge in [0.1, 0.15) is 23.9 Å². The third kappa shape index (κ3) is 3.37. The number of benzene rings is 2. The lowest BCUT2D eigenvalue weighted by molar-refractivity contribution is 0.308. The molecule has 0 aliphatic heterocycles. The van der Waals surface area contributed by atoms with Crippen LogP contribution in [0, 0.1) is 6.92 Å². The van der Waals surface area contributed by atoms with Crippen LogP contribution in [0.3, 0.4) is 0 Å². The van der Waals surface area contributed by atoms with Crippen LogP contribution >= 0.6 is 0 Å². The maximum Gasteiger partial charge on any atom is 0.131 e. The second-order valence-corrected chi connectivity index (χ2v) is 5.29. The number of hydrogen-bond acceptors (Lipinski definition) is 4. The standard InChI is InChI=1S/C19H19NO3/c1-13-9-19(17-11-16(22-3)7-8-18(17)20-13)23-12-14-5-4-6-15(10-14)21-2/h4-11H,12H2,1-3H3. The molecular formula is C19H19NO3. The van der Waals surface area contributed by atoms with Crippen molar-refractivity contribution in [2.75, 3.05) is 14.2 Å². The highest BCUT2D eigenvalue weighted by molar-refractivity contribution is 5.86. The molecule has 0 N–H and O–H groups in total. The number of methoxy groups -OCH3 is 2. The predicted octanol–water partition coefficient (Wildman–Crippen LogP) is 4.14. The maximum absolute atomic E-state index is 6.03. The van der Waals surface area contributed by atoms with Crippen molar-refractivity contribution in [3.63, 3.8) is 0 Å². The molecule has 0 bridgehead atoms. The van der Waals surface area contributed by atoms with Crippen LogP contribution in [0.4, 0.5) is 0 Å². The summed E-state index contributed by atoms with van der Waals surface area (Å²) in [6, 6.07) is 15.6. The van der Waals surface area contributed by atoms with E-state index in [2.05, 4.69) is 4.98 Å². The smallest absolute Gasteiger partial charge is 0.131 e. The fourth-order valence-electron chi connectivity index (χ4n) is 2.47. The summed E-state index contributed by atoms with van der Waals surface area (Å²) in [6.45, 7) is 2.43. The van der Waals surface area contributed by atoms with Crippen molar-refractivity contribution in [2.24, 2.45) is 0 Å². The van der Waals surface area contributed by atoms with Crippen LogP contribution in [0.2, 0.25) is 0 Å². The lowest BCUT2D eigenvalue weighted by Gasteiger charge is -2.12. The molecule has 3 rings (SSSR count). The largest absolute Gasteiger partial charge is 0.497 e. The first-order valence-corrected chi connectivity index (χ1v) is 7.41. The molecule has 0 aliphatic carbocycles. The van der Waals surface area contributed by atoms with Gasteiger partial charge < -0.3 is 14.2 Å². The molecule has 118 valence electrons. The minimum Gasteiger partial charge on any atom is -0.497 e. The Morgan fingerprint density at radius 2 is 1.70 bits per heavy atom. The van der Waals surface area contributed by atoms with E-state index in [0.717, 1.165) is 39.4 Å². The number of pyridine rings is 1. The number of fused-ring (bicyclic) bond motifs is 1. The summed E-state index contributed by atoms with van der Waals surface area (Å²) >= 11 is 0. The van der Waals surface area contributed by atoms with Crippen LogP contribution in [-0.4, -0.2) is 19.2 Å². The molecule has 1 heterocycles. The minimum absolute atomic E-state index is 0.465. The normalized spacial score (nSPS) is 10.6. The van der Waals surface area contributed by atoms with E-state index >= 15 is 0 Å². The summed E-state index contributed by atoms with van der Waals surface area (Å²) in [5.41, 5.74) is 2.87. The highest BCUT2D eigenvalue weighted by atomic mass is 16.5. The van der Waals surface area contributed by atoms with Crippen molar-refractivity contribution < 1.29 is 14.2 Å². The van der Waals surface area contributed by atoms with Crippen LogP contribution in [0.25, 0.3) is 10.9 Å². The number of nitrogens with zero attached hydrogens (tertiary/aromatic N) is 1. The number of aromatic nitrogens is 1. The maximum atomic E-state index is 6.03. The number of aryl methyl sites for hydroxylation is 1. The van der Waals surface area contributed by atoms with Crippen molar-refractivity contribution in [2.45, 2.75) is 13.5 Å². The molecule has 0 unspecified atom stereocenters. The molecule has 23 heavy (non-hydrogen) atoms. The van der Waals surface area contributed by atoms with Gasteiger partial charge in [-0.15, -0.1) is 0 Å². The molecule has 0 radical (unpaired) electrons. The van der Waals surface area contributed by atoms with Crippen LogP contribution in [0.1, 0.15) is 11.3 Å². The Labute approximate surface area is 135 Å². The van der Waals surface area contributed by atoms with Crippen molar-refractivity contribution in [1.29, 1.82) is 0 Å². The molecule has 0 spiro atoms. The van der Waals surface area contributed by atoms with Crippen molar-refractivity contribution in [3.05, 3.63) is 59.8 Å². The monoisotopic (exact) mass is 309 g/mol. The zero-order chi connectivity index (χ0) is 16.2. The molecular weight excluding hydrogens is 290 g/mol. The van der Waals surface area contributed by atoms with Gasteiger partial charge in [-0.3, -0.25) is 4.98 Å². The van der Waals surface area contributed by atoms with Crippen LogP contribution in [0.5, 0.6) is 17.2 Å². The zero-order valence-corrected chi connectivity index (χ0v) is 13.5. The van der Waals surface area contributed by atoms with Gasteiger partial charge in [-0.2, -0.15) is 0 Å². The first kappa shape index (κ1) is 15.2. The fraction of sp³-hybridized carbons (Fsp3) is 0.211. The van der Waals surface area contributed by atoms with E-state index in [-0.39, 0.29) is 0 Å². The number of ether oxygens (including phenoxy) is 3. The average Bonchev–Trinajstić information content (AvgIpc) is 2.59. The summed E-state index contributed by atoms with van der Waals surface area (Å²) in [4.78, 5) is 4.54. The van der Waals surface area contributed by atoms with E-state index in [0.29, 0.717) is 6.61 Å². The minimum atomic E-state index is 0.465. The molecule has 0 fully saturated rings. The molecule has 4 heteroatoms. The number of rotatable bonds is 5. The molecule has 2 aromatic carbocycles. The molecule has 0 saturated heterocycles. The lowest BCUT2D eigenvalue weighted by Crippen LogP contribution is -1.98. The topological polar surface area (TPSA) is 40.6 Å². The molecule has 0 aliphatic rings. The zero-order valence-electron chi connectivity index (χ0n) is 13.5. The second kappa shape index (κ2) is 6.57. The Hall–Kier alpha value is -2.75. The van der Waals surface area contributed by atoms with Crippen molar-refractivity contribution in [3.8, 4) is 17.2 Å². The second-order valence-electron chi connectivity index (χ2n) is 5.29. The Kier molecular flexibility index (Phi) is 4.33. The van der Waals surface area contributed by atoms with Gasteiger partial charge in [0.25, 0.3) is 0 Å². The Balaban J connectivity index is 1.92. The average molecular weight is 309 g/mol. The van der Waals surface area contributed by atoms with E-state index < -0.39 is 0 Å². The summed E-state index contributed by atoms with van der Waals surface area (Å²) in [6.07, 6.45) is 0. The fourth-order valence-corrected chi connectivity index (χ4v) is 2.47. The van der Waals surface area contributed by atoms with Gasteiger partial charge >= 0.3 is 0 Å². The van der Waals surface area contributed by atoms with E-state index in [1.165, 1.54) is 0 Å². The van der Waals surface area contributed by atoms with Crippen LogP contribution in [-0.2, 0) is 6.61 Å². The van der Waals surface area contributed by atoms with Gasteiger partial charge in [0.05, 0.1) is 19.7 Å². The van der Waals surface area contributed by atoms with Crippen LogP contribution in [0.15, 0.2) is 48.5 Å². The Morgan fingerprint density at radius 3 is 2.48 bits per heavy atom. The summed E-state index contributed by atoms with van der Waals surface area (Å²) in [5, 5.41) is 0.942. The first-order valence-electron chi connectivity index (χ1n) is 7.41. The Morgan fingerprint density at radius 1 is 0.913 bits per heavy atom. The lowest BCUT2D eigenvalue weighted by atomic mass is 10.1. The highest BCUT2D eigenvalue weighted by Gasteiger charge is 2.07. The third-order valence-electron chi connectivity index (χ3n) is 3.63. The van der Waals surface area contributed by atoms with Gasteiger partial charge in [0, 0.05) is 17.1 Å². The van der Waals surface area contributed by atoms with Crippen LogP contribution < -0.4 is 14.2 Å². The third-order valence-corrected chi connectivity index (χ3v) is 3.63. The van der Waals surface area contributed by atoms with E-state index in [4.69, 9.17) is 14.2 Å². The SMILES string of the molecule is COc1cccc(COc2cc(C)nc3ccc(OC)cc23)c1. The van der Waals surface area contributed by atoms with E-state index in [1.807, 2.05) is 55.5 Å². The first-order chi connectivity index (χ1) is 11.2. The summed E-state index contributed by atoms with van der Waals surface area (Å²) < 4.78 is 16.6. The molecule has 0 atom stereocenters. The van der Waals surface area contributed by atoms with Gasteiger partial charge in [-0.1, -0.05) is 12.1 Å².